The highest BCUT2D eigenvalue weighted by atomic mass is 19.4. The summed E-state index contributed by atoms with van der Waals surface area (Å²) in [6.45, 7) is 4.04. The topological polar surface area (TPSA) is 34.1 Å². The van der Waals surface area contributed by atoms with Gasteiger partial charge in [-0.3, -0.25) is 0 Å². The van der Waals surface area contributed by atoms with Gasteiger partial charge < -0.3 is 10.1 Å². The zero-order valence-electron chi connectivity index (χ0n) is 11.2. The number of halogens is 3. The van der Waals surface area contributed by atoms with Gasteiger partial charge in [0.1, 0.15) is 0 Å². The molecule has 0 aliphatic rings. The van der Waals surface area contributed by atoms with Crippen LogP contribution in [0.15, 0.2) is 12.1 Å². The minimum Gasteiger partial charge on any atom is -0.468 e. The molecule has 0 radical (unpaired) electrons. The molecule has 0 bridgehead atoms. The molecule has 0 aliphatic heterocycles. The van der Waals surface area contributed by atoms with Crippen LogP contribution in [0, 0.1) is 0 Å². The molecule has 0 saturated heterocycles. The Morgan fingerprint density at radius 3 is 2.58 bits per heavy atom. The number of rotatable bonds is 7. The van der Waals surface area contributed by atoms with E-state index in [9.17, 15) is 13.2 Å². The van der Waals surface area contributed by atoms with Gasteiger partial charge in [-0.15, -0.1) is 0 Å². The third-order valence-electron chi connectivity index (χ3n) is 2.38. The molecule has 1 heterocycles. The van der Waals surface area contributed by atoms with Gasteiger partial charge in [-0.2, -0.15) is 13.2 Å². The Bertz CT molecular complexity index is 394. The number of aryl methyl sites for hydroxylation is 1. The average Bonchev–Trinajstić information content (AvgIpc) is 2.33. The van der Waals surface area contributed by atoms with Gasteiger partial charge in [0.15, 0.2) is 6.61 Å². The Hall–Kier alpha value is -1.30. The molecule has 0 aliphatic carbocycles. The molecule has 1 rings (SSSR count). The van der Waals surface area contributed by atoms with Crippen molar-refractivity contribution in [3.8, 4) is 5.88 Å². The predicted octanol–water partition coefficient (Wildman–Crippen LogP) is 3.08. The van der Waals surface area contributed by atoms with E-state index in [-0.39, 0.29) is 5.88 Å². The molecular formula is C13H19F3N2O. The normalized spacial score (nSPS) is 11.6. The Balaban J connectivity index is 2.79. The van der Waals surface area contributed by atoms with E-state index in [1.807, 2.05) is 19.9 Å². The molecule has 0 aromatic carbocycles. The monoisotopic (exact) mass is 276 g/mol. The number of pyridine rings is 1. The van der Waals surface area contributed by atoms with Crippen molar-refractivity contribution >= 4 is 0 Å². The molecule has 108 valence electrons. The fourth-order valence-corrected chi connectivity index (χ4v) is 1.61. The summed E-state index contributed by atoms with van der Waals surface area (Å²) in [4.78, 5) is 4.08. The van der Waals surface area contributed by atoms with E-state index in [1.165, 1.54) is 0 Å². The van der Waals surface area contributed by atoms with Crippen LogP contribution in [0.25, 0.3) is 0 Å². The van der Waals surface area contributed by atoms with E-state index >= 15 is 0 Å². The highest BCUT2D eigenvalue weighted by Crippen LogP contribution is 2.19. The Labute approximate surface area is 111 Å². The minimum atomic E-state index is -4.34. The third-order valence-corrected chi connectivity index (χ3v) is 2.38. The second-order valence-electron chi connectivity index (χ2n) is 4.24. The van der Waals surface area contributed by atoms with Gasteiger partial charge in [0.05, 0.1) is 0 Å². The molecular weight excluding hydrogens is 257 g/mol. The summed E-state index contributed by atoms with van der Waals surface area (Å²) in [5.74, 6) is 0.0381. The van der Waals surface area contributed by atoms with Crippen LogP contribution in [-0.2, 0) is 13.0 Å². The molecule has 3 nitrogen and oxygen atoms in total. The van der Waals surface area contributed by atoms with Crippen molar-refractivity contribution in [1.82, 2.24) is 10.3 Å². The van der Waals surface area contributed by atoms with Crippen LogP contribution in [0.3, 0.4) is 0 Å². The lowest BCUT2D eigenvalue weighted by molar-refractivity contribution is -0.154. The summed E-state index contributed by atoms with van der Waals surface area (Å²) in [5, 5.41) is 3.13. The zero-order valence-corrected chi connectivity index (χ0v) is 11.2. The largest absolute Gasteiger partial charge is 0.468 e. The van der Waals surface area contributed by atoms with Crippen LogP contribution in [0.1, 0.15) is 31.5 Å². The predicted molar refractivity (Wildman–Crippen MR) is 67.2 cm³/mol. The molecule has 0 amide bonds. The second kappa shape index (κ2) is 7.33. The van der Waals surface area contributed by atoms with Crippen LogP contribution in [0.4, 0.5) is 13.2 Å². The Morgan fingerprint density at radius 2 is 2.00 bits per heavy atom. The number of nitrogens with zero attached hydrogens (tertiary/aromatic N) is 1. The molecule has 0 spiro atoms. The standard InChI is InChI=1S/C13H19F3N2O/c1-3-5-11-6-10(8-17-4-2)7-12(18-11)19-9-13(14,15)16/h6-7,17H,3-5,8-9H2,1-2H3. The maximum absolute atomic E-state index is 12.1. The van der Waals surface area contributed by atoms with E-state index in [1.54, 1.807) is 6.07 Å². The number of hydrogen-bond donors (Lipinski definition) is 1. The number of alkyl halides is 3. The molecule has 19 heavy (non-hydrogen) atoms. The van der Waals surface area contributed by atoms with Crippen molar-refractivity contribution in [2.75, 3.05) is 13.2 Å². The summed E-state index contributed by atoms with van der Waals surface area (Å²) >= 11 is 0. The molecule has 1 N–H and O–H groups in total. The molecule has 0 saturated carbocycles. The number of nitrogens with one attached hydrogen (secondary N) is 1. The quantitative estimate of drug-likeness (QED) is 0.831. The van der Waals surface area contributed by atoms with Crippen LogP contribution in [-0.4, -0.2) is 24.3 Å². The van der Waals surface area contributed by atoms with Crippen molar-refractivity contribution < 1.29 is 17.9 Å². The highest BCUT2D eigenvalue weighted by molar-refractivity contribution is 5.25. The molecule has 6 heteroatoms. The SMILES string of the molecule is CCCc1cc(CNCC)cc(OCC(F)(F)F)n1. The van der Waals surface area contributed by atoms with Gasteiger partial charge in [0.2, 0.25) is 5.88 Å². The van der Waals surface area contributed by atoms with E-state index in [0.717, 1.165) is 30.6 Å². The second-order valence-corrected chi connectivity index (χ2v) is 4.24. The summed E-state index contributed by atoms with van der Waals surface area (Å²) < 4.78 is 41.1. The lowest BCUT2D eigenvalue weighted by Gasteiger charge is -2.11. The Kier molecular flexibility index (Phi) is 6.08. The van der Waals surface area contributed by atoms with Crippen molar-refractivity contribution in [3.05, 3.63) is 23.4 Å². The first kappa shape index (κ1) is 15.8. The van der Waals surface area contributed by atoms with E-state index < -0.39 is 12.8 Å². The van der Waals surface area contributed by atoms with Gasteiger partial charge >= 0.3 is 6.18 Å². The van der Waals surface area contributed by atoms with Crippen LogP contribution < -0.4 is 10.1 Å². The lowest BCUT2D eigenvalue weighted by atomic mass is 10.1. The van der Waals surface area contributed by atoms with Crippen LogP contribution >= 0.6 is 0 Å². The molecule has 0 atom stereocenters. The molecule has 0 fully saturated rings. The van der Waals surface area contributed by atoms with E-state index in [0.29, 0.717) is 6.54 Å². The fourth-order valence-electron chi connectivity index (χ4n) is 1.61. The van der Waals surface area contributed by atoms with Crippen molar-refractivity contribution in [3.63, 3.8) is 0 Å². The van der Waals surface area contributed by atoms with Crippen LogP contribution in [0.5, 0.6) is 5.88 Å². The number of aromatic nitrogens is 1. The Morgan fingerprint density at radius 1 is 1.26 bits per heavy atom. The van der Waals surface area contributed by atoms with Gasteiger partial charge in [-0.25, -0.2) is 4.98 Å². The minimum absolute atomic E-state index is 0.0381. The molecule has 1 aromatic rings. The summed E-state index contributed by atoms with van der Waals surface area (Å²) in [6.07, 6.45) is -2.73. The zero-order chi connectivity index (χ0) is 14.3. The smallest absolute Gasteiger partial charge is 0.422 e. The van der Waals surface area contributed by atoms with Gasteiger partial charge in [0.25, 0.3) is 0 Å². The maximum Gasteiger partial charge on any atom is 0.422 e. The van der Waals surface area contributed by atoms with Gasteiger partial charge in [-0.1, -0.05) is 20.3 Å². The number of hydrogen-bond acceptors (Lipinski definition) is 3. The fraction of sp³-hybridized carbons (Fsp3) is 0.615. The van der Waals surface area contributed by atoms with Crippen molar-refractivity contribution in [2.24, 2.45) is 0 Å². The van der Waals surface area contributed by atoms with E-state index in [2.05, 4.69) is 10.3 Å². The first-order valence-electron chi connectivity index (χ1n) is 6.34. The number of ether oxygens (including phenoxy) is 1. The first-order valence-corrected chi connectivity index (χ1v) is 6.34. The van der Waals surface area contributed by atoms with Gasteiger partial charge in [0, 0.05) is 18.3 Å². The summed E-state index contributed by atoms with van der Waals surface area (Å²) in [5.41, 5.74) is 1.65. The van der Waals surface area contributed by atoms with Gasteiger partial charge in [-0.05, 0) is 24.6 Å². The van der Waals surface area contributed by atoms with Crippen molar-refractivity contribution in [2.45, 2.75) is 39.4 Å². The molecule has 1 aromatic heterocycles. The lowest BCUT2D eigenvalue weighted by Crippen LogP contribution is -2.20. The first-order chi connectivity index (χ1) is 8.94. The van der Waals surface area contributed by atoms with Crippen LogP contribution in [0.2, 0.25) is 0 Å². The van der Waals surface area contributed by atoms with E-state index in [4.69, 9.17) is 4.74 Å². The molecule has 0 unspecified atom stereocenters. The third kappa shape index (κ3) is 6.42. The maximum atomic E-state index is 12.1. The summed E-state index contributed by atoms with van der Waals surface area (Å²) in [6, 6.07) is 3.44. The highest BCUT2D eigenvalue weighted by Gasteiger charge is 2.28. The average molecular weight is 276 g/mol. The summed E-state index contributed by atoms with van der Waals surface area (Å²) in [7, 11) is 0. The van der Waals surface area contributed by atoms with Crippen molar-refractivity contribution in [1.29, 1.82) is 0 Å².